The van der Waals surface area contributed by atoms with Crippen molar-refractivity contribution in [3.8, 4) is 28.3 Å². The van der Waals surface area contributed by atoms with Crippen LogP contribution in [-0.4, -0.2) is 29.3 Å². The Morgan fingerprint density at radius 1 is 0.972 bits per heavy atom. The van der Waals surface area contributed by atoms with Crippen molar-refractivity contribution in [2.45, 2.75) is 58.5 Å². The summed E-state index contributed by atoms with van der Waals surface area (Å²) in [5, 5.41) is 0. The lowest BCUT2D eigenvalue weighted by Crippen LogP contribution is -2.08. The summed E-state index contributed by atoms with van der Waals surface area (Å²) < 4.78 is 26.0. The molecule has 0 bridgehead atoms. The maximum absolute atomic E-state index is 14.7. The van der Waals surface area contributed by atoms with Crippen LogP contribution in [0.15, 0.2) is 73.6 Å². The van der Waals surface area contributed by atoms with Crippen molar-refractivity contribution >= 4 is 6.08 Å². The molecule has 0 radical (unpaired) electrons. The van der Waals surface area contributed by atoms with E-state index in [4.69, 9.17) is 9.47 Å². The normalized spacial score (nSPS) is 12.1. The Labute approximate surface area is 214 Å². The number of nitrogens with zero attached hydrogens (tertiary/aromatic N) is 2. The van der Waals surface area contributed by atoms with Gasteiger partial charge in [0.15, 0.2) is 5.82 Å². The van der Waals surface area contributed by atoms with E-state index in [1.54, 1.807) is 24.5 Å². The molecule has 0 aliphatic carbocycles. The molecule has 190 valence electrons. The lowest BCUT2D eigenvalue weighted by atomic mass is 10.1. The summed E-state index contributed by atoms with van der Waals surface area (Å²) in [4.78, 5) is 8.90. The molecule has 4 nitrogen and oxygen atoms in total. The number of aromatic nitrogens is 2. The van der Waals surface area contributed by atoms with Crippen molar-refractivity contribution in [3.05, 3.63) is 85.0 Å². The fourth-order valence-corrected chi connectivity index (χ4v) is 3.78. The molecule has 5 heteroatoms. The Hall–Kier alpha value is -3.31. The number of hydrogen-bond acceptors (Lipinski definition) is 4. The van der Waals surface area contributed by atoms with E-state index in [9.17, 15) is 4.39 Å². The standard InChI is InChI=1S/C31H37FN2O2/c1-4-6-10-20-35-24(3)11-8-7-9-12-26-13-14-27(21-30(26)32)31-33-22-28(23-34-31)25-15-17-29(18-16-25)36-19-5-2/h5,9,12-18,21-24H,2,4,6-8,10-11,19-20H2,1,3H3. The van der Waals surface area contributed by atoms with E-state index in [0.717, 1.165) is 49.2 Å². The first-order valence-electron chi connectivity index (χ1n) is 12.8. The van der Waals surface area contributed by atoms with Gasteiger partial charge in [0.2, 0.25) is 0 Å². The largest absolute Gasteiger partial charge is 0.490 e. The Morgan fingerprint density at radius 3 is 2.42 bits per heavy atom. The smallest absolute Gasteiger partial charge is 0.159 e. The zero-order valence-corrected chi connectivity index (χ0v) is 21.5. The van der Waals surface area contributed by atoms with Crippen molar-refractivity contribution < 1.29 is 13.9 Å². The van der Waals surface area contributed by atoms with Crippen LogP contribution in [0.25, 0.3) is 28.6 Å². The third-order valence-corrected chi connectivity index (χ3v) is 5.90. The van der Waals surface area contributed by atoms with Gasteiger partial charge in [-0.2, -0.15) is 0 Å². The molecule has 1 heterocycles. The van der Waals surface area contributed by atoms with Crippen LogP contribution < -0.4 is 4.74 Å². The summed E-state index contributed by atoms with van der Waals surface area (Å²) in [5.74, 6) is 0.994. The second-order valence-electron chi connectivity index (χ2n) is 8.88. The minimum Gasteiger partial charge on any atom is -0.490 e. The summed E-state index contributed by atoms with van der Waals surface area (Å²) in [7, 11) is 0. The lowest BCUT2D eigenvalue weighted by Gasteiger charge is -2.12. The monoisotopic (exact) mass is 488 g/mol. The molecule has 0 amide bonds. The van der Waals surface area contributed by atoms with Gasteiger partial charge in [-0.15, -0.1) is 0 Å². The van der Waals surface area contributed by atoms with Crippen LogP contribution in [-0.2, 0) is 4.74 Å². The van der Waals surface area contributed by atoms with E-state index in [0.29, 0.717) is 23.6 Å². The molecule has 3 aromatic rings. The molecular weight excluding hydrogens is 451 g/mol. The quantitative estimate of drug-likeness (QED) is 0.159. The van der Waals surface area contributed by atoms with Crippen LogP contribution in [0.1, 0.15) is 57.9 Å². The second kappa shape index (κ2) is 14.9. The van der Waals surface area contributed by atoms with Gasteiger partial charge < -0.3 is 9.47 Å². The Bertz CT molecular complexity index is 1090. The highest BCUT2D eigenvalue weighted by atomic mass is 19.1. The molecule has 1 aromatic heterocycles. The van der Waals surface area contributed by atoms with Gasteiger partial charge in [0.25, 0.3) is 0 Å². The van der Waals surface area contributed by atoms with Gasteiger partial charge in [-0.25, -0.2) is 14.4 Å². The fraction of sp³-hybridized carbons (Fsp3) is 0.355. The molecule has 1 atom stereocenters. The molecule has 3 rings (SSSR count). The number of allylic oxidation sites excluding steroid dienone is 1. The van der Waals surface area contributed by atoms with Crippen LogP contribution in [0.5, 0.6) is 5.75 Å². The third kappa shape index (κ3) is 8.72. The topological polar surface area (TPSA) is 44.2 Å². The van der Waals surface area contributed by atoms with Gasteiger partial charge in [-0.3, -0.25) is 0 Å². The maximum Gasteiger partial charge on any atom is 0.159 e. The van der Waals surface area contributed by atoms with E-state index in [2.05, 4.69) is 30.4 Å². The maximum atomic E-state index is 14.7. The Morgan fingerprint density at radius 2 is 1.72 bits per heavy atom. The van der Waals surface area contributed by atoms with Gasteiger partial charge >= 0.3 is 0 Å². The van der Waals surface area contributed by atoms with E-state index in [1.807, 2.05) is 42.5 Å². The molecule has 0 N–H and O–H groups in total. The number of ether oxygens (including phenoxy) is 2. The summed E-state index contributed by atoms with van der Waals surface area (Å²) >= 11 is 0. The average molecular weight is 489 g/mol. The molecule has 0 saturated heterocycles. The highest BCUT2D eigenvalue weighted by Crippen LogP contribution is 2.24. The summed E-state index contributed by atoms with van der Waals surface area (Å²) in [6, 6.07) is 12.8. The number of hydrogen-bond donors (Lipinski definition) is 0. The first-order valence-corrected chi connectivity index (χ1v) is 12.8. The first-order chi connectivity index (χ1) is 17.6. The van der Waals surface area contributed by atoms with Crippen molar-refractivity contribution in [2.75, 3.05) is 13.2 Å². The Balaban J connectivity index is 1.51. The van der Waals surface area contributed by atoms with E-state index < -0.39 is 0 Å². The van der Waals surface area contributed by atoms with Crippen molar-refractivity contribution in [1.29, 1.82) is 0 Å². The summed E-state index contributed by atoms with van der Waals surface area (Å²) in [6.45, 7) is 9.28. The predicted molar refractivity (Wildman–Crippen MR) is 146 cm³/mol. The molecule has 1 unspecified atom stereocenters. The van der Waals surface area contributed by atoms with Gasteiger partial charge in [0, 0.05) is 35.7 Å². The van der Waals surface area contributed by atoms with Crippen molar-refractivity contribution in [2.24, 2.45) is 0 Å². The Kier molecular flexibility index (Phi) is 11.3. The summed E-state index contributed by atoms with van der Waals surface area (Å²) in [5.41, 5.74) is 3.09. The molecule has 0 saturated carbocycles. The predicted octanol–water partition coefficient (Wildman–Crippen LogP) is 8.29. The van der Waals surface area contributed by atoms with Crippen molar-refractivity contribution in [3.63, 3.8) is 0 Å². The number of unbranched alkanes of at least 4 members (excludes halogenated alkanes) is 3. The van der Waals surface area contributed by atoms with E-state index >= 15 is 0 Å². The fourth-order valence-electron chi connectivity index (χ4n) is 3.78. The molecule has 0 aliphatic heterocycles. The molecule has 2 aromatic carbocycles. The minimum absolute atomic E-state index is 0.272. The SMILES string of the molecule is C=CCOc1ccc(-c2cnc(-c3ccc(C=CCCCC(C)OCCCCC)c(F)c3)nc2)cc1. The van der Waals surface area contributed by atoms with Gasteiger partial charge in [0.1, 0.15) is 18.2 Å². The van der Waals surface area contributed by atoms with E-state index in [-0.39, 0.29) is 11.9 Å². The van der Waals surface area contributed by atoms with Gasteiger partial charge in [0.05, 0.1) is 6.10 Å². The molecule has 0 aliphatic rings. The third-order valence-electron chi connectivity index (χ3n) is 5.90. The first kappa shape index (κ1) is 27.3. The van der Waals surface area contributed by atoms with Crippen LogP contribution >= 0.6 is 0 Å². The second-order valence-corrected chi connectivity index (χ2v) is 8.88. The van der Waals surface area contributed by atoms with Gasteiger partial charge in [-0.1, -0.05) is 68.8 Å². The average Bonchev–Trinajstić information content (AvgIpc) is 2.91. The van der Waals surface area contributed by atoms with Crippen LogP contribution in [0.3, 0.4) is 0 Å². The van der Waals surface area contributed by atoms with Crippen LogP contribution in [0, 0.1) is 5.82 Å². The highest BCUT2D eigenvalue weighted by Gasteiger charge is 2.07. The number of halogens is 1. The van der Waals surface area contributed by atoms with E-state index in [1.165, 1.54) is 18.9 Å². The zero-order valence-electron chi connectivity index (χ0n) is 21.5. The molecular formula is C31H37FN2O2. The van der Waals surface area contributed by atoms with Crippen LogP contribution in [0.2, 0.25) is 0 Å². The highest BCUT2D eigenvalue weighted by molar-refractivity contribution is 5.65. The minimum atomic E-state index is -0.279. The van der Waals surface area contributed by atoms with Gasteiger partial charge in [-0.05, 0) is 56.4 Å². The zero-order chi connectivity index (χ0) is 25.6. The molecule has 0 spiro atoms. The van der Waals surface area contributed by atoms with Crippen molar-refractivity contribution in [1.82, 2.24) is 9.97 Å². The number of rotatable bonds is 15. The number of benzene rings is 2. The van der Waals surface area contributed by atoms with Crippen LogP contribution in [0.4, 0.5) is 4.39 Å². The summed E-state index contributed by atoms with van der Waals surface area (Å²) in [6.07, 6.45) is 15.9. The molecule has 36 heavy (non-hydrogen) atoms. The molecule has 0 fully saturated rings. The lowest BCUT2D eigenvalue weighted by molar-refractivity contribution is 0.0566.